The van der Waals surface area contributed by atoms with Crippen LogP contribution in [0.2, 0.25) is 19.6 Å². The van der Waals surface area contributed by atoms with Gasteiger partial charge in [0.15, 0.2) is 0 Å². The van der Waals surface area contributed by atoms with Crippen LogP contribution in [0.3, 0.4) is 0 Å². The summed E-state index contributed by atoms with van der Waals surface area (Å²) in [7, 11) is -1.37. The summed E-state index contributed by atoms with van der Waals surface area (Å²) in [5.74, 6) is 1.42. The minimum atomic E-state index is -1.37. The molecular weight excluding hydrogens is 905 g/mol. The zero-order valence-electron chi connectivity index (χ0n) is 35.3. The summed E-state index contributed by atoms with van der Waals surface area (Å²) in [6, 6.07) is 40.1. The molecule has 7 aromatic rings. The number of thiophene rings is 1. The van der Waals surface area contributed by atoms with Crippen molar-refractivity contribution < 1.29 is 20.1 Å². The molecule has 0 saturated heterocycles. The van der Waals surface area contributed by atoms with Crippen LogP contribution in [0.1, 0.15) is 88.5 Å². The molecule has 0 unspecified atom stereocenters. The smallest absolute Gasteiger partial charge is 0.0798 e. The van der Waals surface area contributed by atoms with Gasteiger partial charge in [0, 0.05) is 37.2 Å². The van der Waals surface area contributed by atoms with Gasteiger partial charge in [-0.2, -0.15) is 11.3 Å². The number of aromatic nitrogens is 2. The maximum atomic E-state index is 4.83. The number of benzene rings is 4. The van der Waals surface area contributed by atoms with Gasteiger partial charge in [0.1, 0.15) is 0 Å². The molecule has 1 aliphatic carbocycles. The second-order valence-corrected chi connectivity index (χ2v) is 24.7. The summed E-state index contributed by atoms with van der Waals surface area (Å²) in [4.78, 5) is 9.47. The van der Waals surface area contributed by atoms with E-state index in [0.29, 0.717) is 5.92 Å². The fourth-order valence-corrected chi connectivity index (χ4v) is 10.8. The van der Waals surface area contributed by atoms with Crippen molar-refractivity contribution in [3.05, 3.63) is 138 Å². The Morgan fingerprint density at radius 2 is 1.46 bits per heavy atom. The molecule has 1 radical (unpaired) electrons. The van der Waals surface area contributed by atoms with Crippen molar-refractivity contribution in [2.75, 3.05) is 0 Å². The van der Waals surface area contributed by atoms with Gasteiger partial charge in [0.05, 0.1) is 8.07 Å². The average Bonchev–Trinajstić information content (AvgIpc) is 3.81. The van der Waals surface area contributed by atoms with E-state index in [2.05, 4.69) is 175 Å². The van der Waals surface area contributed by atoms with Crippen molar-refractivity contribution in [3.63, 3.8) is 0 Å². The van der Waals surface area contributed by atoms with E-state index in [0.717, 1.165) is 34.9 Å². The SMILES string of the molecule is CC(C)c1c[c-]c(-c2cc(CC3CCCC3)c([Si](C)(C)C)cn2)cc1.Cc1ccc(-c2ccc3c(c2)sc2c[c-]c(-c4cc(CC(C)(C)C)ccn4)cc23)cc1.[Ir]. The molecule has 57 heavy (non-hydrogen) atoms. The zero-order chi connectivity index (χ0) is 39.6. The van der Waals surface area contributed by atoms with Gasteiger partial charge in [0.2, 0.25) is 0 Å². The van der Waals surface area contributed by atoms with Gasteiger partial charge in [-0.25, -0.2) is 0 Å². The monoisotopic (exact) mass is 963 g/mol. The molecule has 1 aliphatic rings. The van der Waals surface area contributed by atoms with E-state index in [4.69, 9.17) is 4.98 Å². The third-order valence-corrected chi connectivity index (χ3v) is 14.4. The molecule has 0 amide bonds. The first-order valence-electron chi connectivity index (χ1n) is 20.6. The molecule has 1 saturated carbocycles. The fraction of sp³-hybridized carbons (Fsp3) is 0.346. The number of hydrogen-bond acceptors (Lipinski definition) is 3. The predicted molar refractivity (Wildman–Crippen MR) is 246 cm³/mol. The van der Waals surface area contributed by atoms with Crippen LogP contribution in [0, 0.1) is 30.4 Å². The van der Waals surface area contributed by atoms with Crippen LogP contribution in [0.15, 0.2) is 103 Å². The number of fused-ring (bicyclic) bond motifs is 3. The molecule has 5 heteroatoms. The van der Waals surface area contributed by atoms with Gasteiger partial charge < -0.3 is 9.97 Å². The molecule has 1 fully saturated rings. The van der Waals surface area contributed by atoms with E-state index in [1.165, 1.54) is 80.1 Å². The molecule has 0 spiro atoms. The minimum Gasteiger partial charge on any atom is -0.305 e. The van der Waals surface area contributed by atoms with Crippen molar-refractivity contribution in [2.24, 2.45) is 11.3 Å². The molecule has 3 aromatic heterocycles. The Labute approximate surface area is 361 Å². The van der Waals surface area contributed by atoms with Gasteiger partial charge in [-0.1, -0.05) is 156 Å². The molecule has 0 atom stereocenters. The largest absolute Gasteiger partial charge is 0.305 e. The summed E-state index contributed by atoms with van der Waals surface area (Å²) in [6.45, 7) is 20.7. The third-order valence-electron chi connectivity index (χ3n) is 11.2. The molecular formula is C52H58IrN2SSi-2. The first kappa shape index (κ1) is 42.9. The minimum absolute atomic E-state index is 0. The normalized spacial score (nSPS) is 13.5. The summed E-state index contributed by atoms with van der Waals surface area (Å²) in [5, 5.41) is 4.13. The van der Waals surface area contributed by atoms with E-state index < -0.39 is 8.07 Å². The quantitative estimate of drug-likeness (QED) is 0.112. The Morgan fingerprint density at radius 1 is 0.754 bits per heavy atom. The molecule has 0 bridgehead atoms. The van der Waals surface area contributed by atoms with Crippen molar-refractivity contribution >= 4 is 44.8 Å². The topological polar surface area (TPSA) is 25.8 Å². The Bertz CT molecular complexity index is 2430. The molecule has 0 aliphatic heterocycles. The van der Waals surface area contributed by atoms with E-state index >= 15 is 0 Å². The number of hydrogen-bond donors (Lipinski definition) is 0. The van der Waals surface area contributed by atoms with Crippen LogP contribution in [0.4, 0.5) is 0 Å². The summed E-state index contributed by atoms with van der Waals surface area (Å²) in [6.07, 6.45) is 12.0. The number of pyridine rings is 2. The summed E-state index contributed by atoms with van der Waals surface area (Å²) >= 11 is 1.84. The van der Waals surface area contributed by atoms with Gasteiger partial charge >= 0.3 is 0 Å². The first-order chi connectivity index (χ1) is 26.7. The third kappa shape index (κ3) is 10.7. The second kappa shape index (κ2) is 18.0. The van der Waals surface area contributed by atoms with Crippen molar-refractivity contribution in [1.29, 1.82) is 0 Å². The van der Waals surface area contributed by atoms with E-state index in [-0.39, 0.29) is 25.5 Å². The standard InChI is InChI=1S/C29H26NS.C23H32NSi.Ir/c1-19-5-7-21(8-6-19)22-9-11-24-25-16-23(10-12-27(25)31-28(24)17-22)26-15-20(13-14-30-26)18-29(2,3)4;1-17(2)19-10-12-20(13-11-19)22-15-21(14-18-8-6-7-9-18)23(16-24-22)25(3,4)5;/h5-9,11-17H,18H2,1-4H3;10-12,15-18H,6-9,14H2,1-5H3;/q2*-1;. The predicted octanol–water partition coefficient (Wildman–Crippen LogP) is 14.4. The van der Waals surface area contributed by atoms with Crippen LogP contribution in [-0.2, 0) is 32.9 Å². The summed E-state index contributed by atoms with van der Waals surface area (Å²) < 4.78 is 2.58. The number of aryl methyl sites for hydroxylation is 1. The molecule has 4 aromatic carbocycles. The molecule has 8 rings (SSSR count). The molecule has 2 nitrogen and oxygen atoms in total. The van der Waals surface area contributed by atoms with Crippen molar-refractivity contribution in [2.45, 2.75) is 106 Å². The second-order valence-electron chi connectivity index (χ2n) is 18.6. The Morgan fingerprint density at radius 3 is 2.12 bits per heavy atom. The van der Waals surface area contributed by atoms with Crippen molar-refractivity contribution in [1.82, 2.24) is 9.97 Å². The van der Waals surface area contributed by atoms with Crippen molar-refractivity contribution in [3.8, 4) is 33.6 Å². The Balaban J connectivity index is 0.000000194. The fourth-order valence-electron chi connectivity index (χ4n) is 8.11. The molecule has 3 heterocycles. The molecule has 297 valence electrons. The van der Waals surface area contributed by atoms with Gasteiger partial charge in [0.25, 0.3) is 0 Å². The average molecular weight is 963 g/mol. The maximum absolute atomic E-state index is 4.83. The van der Waals surface area contributed by atoms with Crippen LogP contribution in [0.25, 0.3) is 53.8 Å². The van der Waals surface area contributed by atoms with E-state index in [1.54, 1.807) is 10.8 Å². The van der Waals surface area contributed by atoms with E-state index in [1.807, 2.05) is 17.5 Å². The number of rotatable bonds is 8. The summed E-state index contributed by atoms with van der Waals surface area (Å²) in [5.41, 5.74) is 12.6. The zero-order valence-corrected chi connectivity index (χ0v) is 39.6. The van der Waals surface area contributed by atoms with Crippen LogP contribution >= 0.6 is 11.3 Å². The van der Waals surface area contributed by atoms with Crippen LogP contribution in [0.5, 0.6) is 0 Å². The van der Waals surface area contributed by atoms with Gasteiger partial charge in [-0.05, 0) is 81.0 Å². The Hall–Kier alpha value is -3.73. The maximum Gasteiger partial charge on any atom is 0.0798 e. The van der Waals surface area contributed by atoms with Crippen LogP contribution < -0.4 is 5.19 Å². The first-order valence-corrected chi connectivity index (χ1v) is 24.9. The van der Waals surface area contributed by atoms with E-state index in [9.17, 15) is 0 Å². The van der Waals surface area contributed by atoms with Crippen LogP contribution in [-0.4, -0.2) is 18.0 Å². The Kier molecular flexibility index (Phi) is 13.6. The number of nitrogens with zero attached hydrogens (tertiary/aromatic N) is 2. The van der Waals surface area contributed by atoms with Gasteiger partial charge in [-0.15, -0.1) is 59.2 Å². The molecule has 0 N–H and O–H groups in total. The van der Waals surface area contributed by atoms with Gasteiger partial charge in [-0.3, -0.25) is 0 Å².